The maximum absolute atomic E-state index is 12.4. The first-order valence-electron chi connectivity index (χ1n) is 9.75. The molecule has 0 unspecified atom stereocenters. The number of urea groups is 1. The number of nitrogens with zero attached hydrogens (tertiary/aromatic N) is 1. The van der Waals surface area contributed by atoms with E-state index in [0.29, 0.717) is 6.54 Å². The molecule has 4 aromatic rings. The van der Waals surface area contributed by atoms with Crippen LogP contribution in [-0.4, -0.2) is 18.1 Å². The van der Waals surface area contributed by atoms with Crippen LogP contribution < -0.4 is 15.4 Å². The van der Waals surface area contributed by atoms with E-state index < -0.39 is 0 Å². The van der Waals surface area contributed by atoms with Gasteiger partial charge in [-0.3, -0.25) is 4.98 Å². The molecule has 0 aliphatic heterocycles. The molecule has 1 aromatic heterocycles. The Morgan fingerprint density at radius 3 is 2.73 bits per heavy atom. The third-order valence-corrected chi connectivity index (χ3v) is 5.08. The van der Waals surface area contributed by atoms with Crippen LogP contribution in [0.1, 0.15) is 11.1 Å². The van der Waals surface area contributed by atoms with Gasteiger partial charge in [0.05, 0.1) is 7.11 Å². The zero-order valence-electron chi connectivity index (χ0n) is 17.0. The molecule has 2 amide bonds. The number of aromatic nitrogens is 1. The maximum Gasteiger partial charge on any atom is 0.319 e. The molecule has 0 saturated carbocycles. The first kappa shape index (κ1) is 19.5. The van der Waals surface area contributed by atoms with Crippen molar-refractivity contribution in [2.45, 2.75) is 13.5 Å². The highest BCUT2D eigenvalue weighted by Crippen LogP contribution is 2.29. The second kappa shape index (κ2) is 8.66. The fraction of sp³-hybridized carbons (Fsp3) is 0.120. The summed E-state index contributed by atoms with van der Waals surface area (Å²) in [6, 6.07) is 21.6. The van der Waals surface area contributed by atoms with Crippen molar-refractivity contribution in [1.82, 2.24) is 10.3 Å². The lowest BCUT2D eigenvalue weighted by atomic mass is 9.98. The number of hydrogen-bond donors (Lipinski definition) is 2. The van der Waals surface area contributed by atoms with Crippen molar-refractivity contribution in [2.75, 3.05) is 12.4 Å². The Labute approximate surface area is 175 Å². The lowest BCUT2D eigenvalue weighted by Gasteiger charge is -2.13. The van der Waals surface area contributed by atoms with Gasteiger partial charge >= 0.3 is 6.03 Å². The van der Waals surface area contributed by atoms with E-state index in [-0.39, 0.29) is 6.03 Å². The van der Waals surface area contributed by atoms with Gasteiger partial charge in [-0.15, -0.1) is 0 Å². The Morgan fingerprint density at radius 1 is 1.00 bits per heavy atom. The van der Waals surface area contributed by atoms with Crippen LogP contribution in [0, 0.1) is 6.92 Å². The molecule has 0 radical (unpaired) electrons. The second-order valence-corrected chi connectivity index (χ2v) is 7.09. The Hall–Kier alpha value is -3.86. The molecule has 150 valence electrons. The van der Waals surface area contributed by atoms with Crippen molar-refractivity contribution in [2.24, 2.45) is 0 Å². The van der Waals surface area contributed by atoms with Gasteiger partial charge in [0.2, 0.25) is 0 Å². The monoisotopic (exact) mass is 397 g/mol. The highest BCUT2D eigenvalue weighted by Gasteiger charge is 2.08. The summed E-state index contributed by atoms with van der Waals surface area (Å²) in [6.07, 6.45) is 3.66. The molecule has 1 heterocycles. The molecular weight excluding hydrogens is 374 g/mol. The van der Waals surface area contributed by atoms with E-state index in [9.17, 15) is 4.79 Å². The first-order valence-corrected chi connectivity index (χ1v) is 9.75. The van der Waals surface area contributed by atoms with E-state index in [1.807, 2.05) is 54.7 Å². The van der Waals surface area contributed by atoms with Gasteiger partial charge in [-0.2, -0.15) is 0 Å². The van der Waals surface area contributed by atoms with Crippen molar-refractivity contribution in [3.05, 3.63) is 90.3 Å². The number of nitrogens with one attached hydrogen (secondary N) is 2. The van der Waals surface area contributed by atoms with Crippen LogP contribution >= 0.6 is 0 Å². The number of carbonyl (C=O) groups is 1. The molecule has 0 saturated heterocycles. The molecule has 3 aromatic carbocycles. The number of anilines is 1. The molecular formula is C25H23N3O2. The Kier molecular flexibility index (Phi) is 5.61. The molecule has 0 aliphatic carbocycles. The minimum absolute atomic E-state index is 0.265. The van der Waals surface area contributed by atoms with Crippen molar-refractivity contribution in [3.8, 4) is 16.9 Å². The third-order valence-electron chi connectivity index (χ3n) is 5.08. The van der Waals surface area contributed by atoms with Gasteiger partial charge in [-0.25, -0.2) is 4.79 Å². The number of para-hydroxylation sites is 1. The van der Waals surface area contributed by atoms with E-state index in [2.05, 4.69) is 40.7 Å². The minimum Gasteiger partial charge on any atom is -0.496 e. The zero-order valence-corrected chi connectivity index (χ0v) is 17.0. The summed E-state index contributed by atoms with van der Waals surface area (Å²) < 4.78 is 5.33. The predicted octanol–water partition coefficient (Wildman–Crippen LogP) is 5.54. The smallest absolute Gasteiger partial charge is 0.319 e. The van der Waals surface area contributed by atoms with Crippen molar-refractivity contribution >= 4 is 22.5 Å². The largest absolute Gasteiger partial charge is 0.496 e. The molecule has 5 nitrogen and oxygen atoms in total. The normalized spacial score (nSPS) is 10.6. The van der Waals surface area contributed by atoms with Gasteiger partial charge < -0.3 is 15.4 Å². The van der Waals surface area contributed by atoms with Crippen LogP contribution in [0.5, 0.6) is 5.75 Å². The van der Waals surface area contributed by atoms with E-state index >= 15 is 0 Å². The fourth-order valence-electron chi connectivity index (χ4n) is 3.46. The number of fused-ring (bicyclic) bond motifs is 1. The molecule has 5 heteroatoms. The second-order valence-electron chi connectivity index (χ2n) is 7.09. The van der Waals surface area contributed by atoms with Gasteiger partial charge in [0.25, 0.3) is 0 Å². The highest BCUT2D eigenvalue weighted by atomic mass is 16.5. The number of methoxy groups -OCH3 is 1. The Morgan fingerprint density at radius 2 is 1.87 bits per heavy atom. The zero-order chi connectivity index (χ0) is 20.9. The number of aryl methyl sites for hydroxylation is 1. The van der Waals surface area contributed by atoms with Gasteiger partial charge in [0, 0.05) is 35.6 Å². The molecule has 4 rings (SSSR count). The van der Waals surface area contributed by atoms with Gasteiger partial charge in [-0.05, 0) is 59.3 Å². The Balaban J connectivity index is 1.50. The van der Waals surface area contributed by atoms with Crippen LogP contribution in [-0.2, 0) is 6.54 Å². The van der Waals surface area contributed by atoms with Crippen LogP contribution in [0.3, 0.4) is 0 Å². The standard InChI is InChI=1S/C25H23N3O2/c1-17-7-10-22(28-25(29)27-16-20-5-3-4-6-24(20)30-2)14-23(17)19-9-8-18-11-12-26-15-21(18)13-19/h3-15H,16H2,1-2H3,(H2,27,28,29). The molecule has 0 fully saturated rings. The van der Waals surface area contributed by atoms with Crippen molar-refractivity contribution < 1.29 is 9.53 Å². The minimum atomic E-state index is -0.265. The number of hydrogen-bond acceptors (Lipinski definition) is 3. The third kappa shape index (κ3) is 4.25. The van der Waals surface area contributed by atoms with Gasteiger partial charge in [0.15, 0.2) is 0 Å². The number of ether oxygens (including phenoxy) is 1. The summed E-state index contributed by atoms with van der Waals surface area (Å²) in [7, 11) is 1.62. The molecule has 0 aliphatic rings. The highest BCUT2D eigenvalue weighted by molar-refractivity contribution is 5.91. The topological polar surface area (TPSA) is 63.2 Å². The van der Waals surface area contributed by atoms with Gasteiger partial charge in [0.1, 0.15) is 5.75 Å². The van der Waals surface area contributed by atoms with E-state index in [4.69, 9.17) is 4.74 Å². The number of pyridine rings is 1. The summed E-state index contributed by atoms with van der Waals surface area (Å²) in [6.45, 7) is 2.44. The van der Waals surface area contributed by atoms with Crippen molar-refractivity contribution in [3.63, 3.8) is 0 Å². The number of carbonyl (C=O) groups excluding carboxylic acids is 1. The van der Waals surface area contributed by atoms with E-state index in [1.54, 1.807) is 13.3 Å². The number of rotatable bonds is 5. The Bertz CT molecular complexity index is 1200. The molecule has 0 spiro atoms. The molecule has 0 bridgehead atoms. The van der Waals surface area contributed by atoms with E-state index in [0.717, 1.165) is 44.5 Å². The van der Waals surface area contributed by atoms with Crippen LogP contribution in [0.2, 0.25) is 0 Å². The summed E-state index contributed by atoms with van der Waals surface area (Å²) >= 11 is 0. The lowest BCUT2D eigenvalue weighted by Crippen LogP contribution is -2.28. The molecule has 30 heavy (non-hydrogen) atoms. The van der Waals surface area contributed by atoms with E-state index in [1.165, 1.54) is 0 Å². The fourth-order valence-corrected chi connectivity index (χ4v) is 3.46. The number of amides is 2. The SMILES string of the molecule is COc1ccccc1CNC(=O)Nc1ccc(C)c(-c2ccc3ccncc3c2)c1. The van der Waals surface area contributed by atoms with Crippen LogP contribution in [0.15, 0.2) is 79.1 Å². The summed E-state index contributed by atoms with van der Waals surface area (Å²) in [5.74, 6) is 0.751. The predicted molar refractivity (Wildman–Crippen MR) is 121 cm³/mol. The lowest BCUT2D eigenvalue weighted by molar-refractivity contribution is 0.251. The summed E-state index contributed by atoms with van der Waals surface area (Å²) in [5.41, 5.74) is 4.96. The average molecular weight is 397 g/mol. The summed E-state index contributed by atoms with van der Waals surface area (Å²) in [4.78, 5) is 16.6. The van der Waals surface area contributed by atoms with Gasteiger partial charge in [-0.1, -0.05) is 36.4 Å². The first-order chi connectivity index (χ1) is 14.6. The molecule has 0 atom stereocenters. The average Bonchev–Trinajstić information content (AvgIpc) is 2.79. The maximum atomic E-state index is 12.4. The van der Waals surface area contributed by atoms with Crippen LogP contribution in [0.25, 0.3) is 21.9 Å². The number of benzene rings is 3. The van der Waals surface area contributed by atoms with Crippen LogP contribution in [0.4, 0.5) is 10.5 Å². The van der Waals surface area contributed by atoms with Crippen molar-refractivity contribution in [1.29, 1.82) is 0 Å². The summed E-state index contributed by atoms with van der Waals surface area (Å²) in [5, 5.41) is 8.04. The molecule has 2 N–H and O–H groups in total. The quantitative estimate of drug-likeness (QED) is 0.465.